The van der Waals surface area contributed by atoms with Crippen LogP contribution in [0, 0.1) is 0 Å². The maximum Gasteiger partial charge on any atom is 0.206 e. The van der Waals surface area contributed by atoms with Crippen LogP contribution in [0.3, 0.4) is 0 Å². The monoisotopic (exact) mass is 285 g/mol. The van der Waals surface area contributed by atoms with Crippen LogP contribution in [-0.4, -0.2) is 37.2 Å². The highest BCUT2D eigenvalue weighted by molar-refractivity contribution is 9.11. The second-order valence-electron chi connectivity index (χ2n) is 2.42. The average Bonchev–Trinajstić information content (AvgIpc) is 2.33. The lowest BCUT2D eigenvalue weighted by atomic mass is 10.7. The average molecular weight is 286 g/mol. The predicted octanol–water partition coefficient (Wildman–Crippen LogP) is 0.757. The van der Waals surface area contributed by atoms with Gasteiger partial charge in [0.2, 0.25) is 5.13 Å². The second kappa shape index (κ2) is 4.34. The molecule has 1 aromatic heterocycles. The third kappa shape index (κ3) is 4.53. The lowest BCUT2D eigenvalue weighted by Gasteiger charge is -1.98. The van der Waals surface area contributed by atoms with Gasteiger partial charge in [0, 0.05) is 12.8 Å². The summed E-state index contributed by atoms with van der Waals surface area (Å²) in [7, 11) is -2.91. The van der Waals surface area contributed by atoms with Gasteiger partial charge in [0.25, 0.3) is 0 Å². The number of hydrogen-bond donors (Lipinski definition) is 1. The number of sulfone groups is 1. The molecule has 8 heteroatoms. The van der Waals surface area contributed by atoms with E-state index in [1.54, 1.807) is 0 Å². The molecule has 1 heterocycles. The fourth-order valence-corrected chi connectivity index (χ4v) is 2.13. The van der Waals surface area contributed by atoms with Gasteiger partial charge in [-0.25, -0.2) is 8.42 Å². The first-order valence-electron chi connectivity index (χ1n) is 3.38. The standard InChI is InChI=1S/C5H8BrN3O2S2/c1-13(10,11)3-2-7-5-9-8-4(6)12-5/h2-3H2,1H3,(H,7,9). The summed E-state index contributed by atoms with van der Waals surface area (Å²) in [5.41, 5.74) is 0. The smallest absolute Gasteiger partial charge is 0.206 e. The van der Waals surface area contributed by atoms with E-state index in [9.17, 15) is 8.42 Å². The van der Waals surface area contributed by atoms with Crippen LogP contribution in [-0.2, 0) is 9.84 Å². The van der Waals surface area contributed by atoms with Gasteiger partial charge in [-0.05, 0) is 15.9 Å². The maximum absolute atomic E-state index is 10.7. The molecule has 0 atom stereocenters. The molecular weight excluding hydrogens is 278 g/mol. The molecule has 0 aliphatic heterocycles. The van der Waals surface area contributed by atoms with Crippen LogP contribution < -0.4 is 5.32 Å². The molecule has 0 bridgehead atoms. The van der Waals surface area contributed by atoms with Gasteiger partial charge >= 0.3 is 0 Å². The lowest BCUT2D eigenvalue weighted by Crippen LogP contribution is -2.13. The van der Waals surface area contributed by atoms with Crippen LogP contribution in [0.2, 0.25) is 0 Å². The first-order valence-corrected chi connectivity index (χ1v) is 7.05. The van der Waals surface area contributed by atoms with Gasteiger partial charge in [0.1, 0.15) is 9.84 Å². The Balaban J connectivity index is 2.36. The Morgan fingerprint density at radius 1 is 1.54 bits per heavy atom. The summed E-state index contributed by atoms with van der Waals surface area (Å²) in [6, 6.07) is 0. The SMILES string of the molecule is CS(=O)(=O)CCNc1nnc(Br)s1. The summed E-state index contributed by atoms with van der Waals surface area (Å²) in [6.07, 6.45) is 1.20. The highest BCUT2D eigenvalue weighted by Crippen LogP contribution is 2.19. The lowest BCUT2D eigenvalue weighted by molar-refractivity contribution is 0.602. The first-order chi connectivity index (χ1) is 5.97. The zero-order valence-corrected chi connectivity index (χ0v) is 10.0. The summed E-state index contributed by atoms with van der Waals surface area (Å²) in [6.45, 7) is 0.362. The van der Waals surface area contributed by atoms with Crippen molar-refractivity contribution in [2.45, 2.75) is 0 Å². The number of nitrogens with zero attached hydrogens (tertiary/aromatic N) is 2. The molecule has 0 fully saturated rings. The van der Waals surface area contributed by atoms with Crippen molar-refractivity contribution >= 4 is 42.2 Å². The van der Waals surface area contributed by atoms with Crippen LogP contribution in [0.4, 0.5) is 5.13 Å². The molecular formula is C5H8BrN3O2S2. The summed E-state index contributed by atoms with van der Waals surface area (Å²) in [4.78, 5) is 0. The van der Waals surface area contributed by atoms with Crippen molar-refractivity contribution in [2.75, 3.05) is 23.9 Å². The Morgan fingerprint density at radius 2 is 2.23 bits per heavy atom. The van der Waals surface area contributed by atoms with Crippen LogP contribution in [0.15, 0.2) is 3.92 Å². The zero-order chi connectivity index (χ0) is 9.90. The van der Waals surface area contributed by atoms with E-state index in [1.807, 2.05) is 0 Å². The number of anilines is 1. The van der Waals surface area contributed by atoms with Crippen molar-refractivity contribution in [3.8, 4) is 0 Å². The Labute approximate surface area is 88.6 Å². The summed E-state index contributed by atoms with van der Waals surface area (Å²) >= 11 is 4.48. The molecule has 1 aromatic rings. The molecule has 13 heavy (non-hydrogen) atoms. The summed E-state index contributed by atoms with van der Waals surface area (Å²) < 4.78 is 22.2. The molecule has 1 N–H and O–H groups in total. The third-order valence-corrected chi connectivity index (χ3v) is 3.41. The largest absolute Gasteiger partial charge is 0.359 e. The molecule has 0 saturated carbocycles. The van der Waals surface area contributed by atoms with E-state index in [0.717, 1.165) is 0 Å². The highest BCUT2D eigenvalue weighted by Gasteiger charge is 2.03. The van der Waals surface area contributed by atoms with Crippen molar-refractivity contribution in [1.29, 1.82) is 0 Å². The Kier molecular flexibility index (Phi) is 3.63. The van der Waals surface area contributed by atoms with Gasteiger partial charge in [-0.2, -0.15) is 0 Å². The van der Waals surface area contributed by atoms with Gasteiger partial charge in [-0.1, -0.05) is 11.3 Å². The van der Waals surface area contributed by atoms with Crippen LogP contribution in [0.25, 0.3) is 0 Å². The molecule has 0 spiro atoms. The fraction of sp³-hybridized carbons (Fsp3) is 0.600. The summed E-state index contributed by atoms with van der Waals surface area (Å²) in [5, 5.41) is 10.9. The Hall–Kier alpha value is -0.210. The number of rotatable bonds is 4. The molecule has 0 radical (unpaired) electrons. The molecule has 5 nitrogen and oxygen atoms in total. The molecule has 1 rings (SSSR count). The van der Waals surface area contributed by atoms with Gasteiger partial charge in [-0.3, -0.25) is 0 Å². The molecule has 0 aliphatic carbocycles. The van der Waals surface area contributed by atoms with E-state index in [4.69, 9.17) is 0 Å². The molecule has 0 aliphatic rings. The van der Waals surface area contributed by atoms with E-state index >= 15 is 0 Å². The Morgan fingerprint density at radius 3 is 2.69 bits per heavy atom. The van der Waals surface area contributed by atoms with Crippen molar-refractivity contribution in [3.63, 3.8) is 0 Å². The maximum atomic E-state index is 10.7. The third-order valence-electron chi connectivity index (χ3n) is 1.15. The summed E-state index contributed by atoms with van der Waals surface area (Å²) in [5.74, 6) is 0.101. The highest BCUT2D eigenvalue weighted by atomic mass is 79.9. The number of hydrogen-bond acceptors (Lipinski definition) is 6. The second-order valence-corrected chi connectivity index (χ2v) is 6.93. The normalized spacial score (nSPS) is 11.5. The molecule has 74 valence electrons. The number of aromatic nitrogens is 2. The first kappa shape index (κ1) is 10.9. The van der Waals surface area contributed by atoms with E-state index < -0.39 is 9.84 Å². The molecule has 0 unspecified atom stereocenters. The Bertz CT molecular complexity index is 375. The number of nitrogens with one attached hydrogen (secondary N) is 1. The fourth-order valence-electron chi connectivity index (χ4n) is 0.620. The minimum absolute atomic E-state index is 0.101. The van der Waals surface area contributed by atoms with Crippen molar-refractivity contribution < 1.29 is 8.42 Å². The quantitative estimate of drug-likeness (QED) is 0.884. The molecule has 0 aromatic carbocycles. The van der Waals surface area contributed by atoms with Gasteiger partial charge in [0.15, 0.2) is 3.92 Å². The predicted molar refractivity (Wildman–Crippen MR) is 55.8 cm³/mol. The molecule has 0 saturated heterocycles. The van der Waals surface area contributed by atoms with Crippen molar-refractivity contribution in [1.82, 2.24) is 10.2 Å². The topological polar surface area (TPSA) is 72.0 Å². The van der Waals surface area contributed by atoms with Gasteiger partial charge in [0.05, 0.1) is 5.75 Å². The van der Waals surface area contributed by atoms with Gasteiger partial charge < -0.3 is 5.32 Å². The number of halogens is 1. The minimum atomic E-state index is -2.91. The van der Waals surface area contributed by atoms with Crippen molar-refractivity contribution in [2.24, 2.45) is 0 Å². The zero-order valence-electron chi connectivity index (χ0n) is 6.82. The van der Waals surface area contributed by atoms with Gasteiger partial charge in [-0.15, -0.1) is 10.2 Å². The van der Waals surface area contributed by atoms with Crippen LogP contribution >= 0.6 is 27.3 Å². The van der Waals surface area contributed by atoms with Crippen LogP contribution in [0.1, 0.15) is 0 Å². The van der Waals surface area contributed by atoms with Crippen molar-refractivity contribution in [3.05, 3.63) is 3.92 Å². The van der Waals surface area contributed by atoms with E-state index in [1.165, 1.54) is 17.6 Å². The minimum Gasteiger partial charge on any atom is -0.359 e. The molecule has 0 amide bonds. The van der Waals surface area contributed by atoms with E-state index in [0.29, 0.717) is 15.6 Å². The van der Waals surface area contributed by atoms with E-state index in [-0.39, 0.29) is 5.75 Å². The van der Waals surface area contributed by atoms with E-state index in [2.05, 4.69) is 31.4 Å². The van der Waals surface area contributed by atoms with Crippen LogP contribution in [0.5, 0.6) is 0 Å².